The van der Waals surface area contributed by atoms with Crippen LogP contribution in [0.5, 0.6) is 5.75 Å². The molecule has 3 rings (SSSR count). The fourth-order valence-corrected chi connectivity index (χ4v) is 5.22. The van der Waals surface area contributed by atoms with E-state index in [1.54, 1.807) is 0 Å². The highest BCUT2D eigenvalue weighted by Gasteiger charge is 2.35. The number of hydrogen-bond acceptors (Lipinski definition) is 7. The van der Waals surface area contributed by atoms with Crippen LogP contribution in [0.4, 0.5) is 0 Å². The quantitative estimate of drug-likeness (QED) is 0.698. The Morgan fingerprint density at radius 3 is 2.67 bits per heavy atom. The number of hydrogen-bond donors (Lipinski definition) is 0. The molecule has 1 aromatic carbocycles. The van der Waals surface area contributed by atoms with Crippen LogP contribution in [0.2, 0.25) is 0 Å². The molecule has 2 heterocycles. The van der Waals surface area contributed by atoms with Crippen molar-refractivity contribution in [2.24, 2.45) is 0 Å². The zero-order valence-corrected chi connectivity index (χ0v) is 16.2. The maximum Gasteiger partial charge on any atom is 0.347 e. The summed E-state index contributed by atoms with van der Waals surface area (Å²) < 4.78 is 42.9. The fourth-order valence-electron chi connectivity index (χ4n) is 3.34. The maximum atomic E-state index is 13.2. The number of carbonyl (C=O) groups is 2. The van der Waals surface area contributed by atoms with E-state index in [1.165, 1.54) is 29.6 Å². The molecule has 2 saturated heterocycles. The number of nitrogens with zero attached hydrogens (tertiary/aromatic N) is 1. The van der Waals surface area contributed by atoms with Gasteiger partial charge in [-0.3, -0.25) is 0 Å². The Hall–Kier alpha value is -2.13. The number of esters is 2. The zero-order chi connectivity index (χ0) is 19.6. The Bertz CT molecular complexity index is 836. The molecule has 9 heteroatoms. The normalized spacial score (nSPS) is 23.7. The molecule has 2 aliphatic heterocycles. The molecule has 2 aliphatic rings. The van der Waals surface area contributed by atoms with E-state index in [4.69, 9.17) is 14.2 Å². The van der Waals surface area contributed by atoms with Gasteiger partial charge in [-0.2, -0.15) is 4.31 Å². The summed E-state index contributed by atoms with van der Waals surface area (Å²) in [6, 6.07) is 3.96. The summed E-state index contributed by atoms with van der Waals surface area (Å²) in [7, 11) is -2.46. The number of rotatable bonds is 5. The van der Waals surface area contributed by atoms with Crippen LogP contribution in [0.15, 0.2) is 23.1 Å². The molecule has 148 valence electrons. The molecule has 0 radical (unpaired) electrons. The first-order chi connectivity index (χ1) is 12.8. The highest BCUT2D eigenvalue weighted by molar-refractivity contribution is 7.89. The Morgan fingerprint density at radius 2 is 2.04 bits per heavy atom. The average Bonchev–Trinajstić information content (AvgIpc) is 3.06. The number of piperidine rings is 1. The summed E-state index contributed by atoms with van der Waals surface area (Å²) in [4.78, 5) is 23.8. The van der Waals surface area contributed by atoms with E-state index in [0.29, 0.717) is 6.54 Å². The third kappa shape index (κ3) is 3.93. The number of carbonyl (C=O) groups excluding carboxylic acids is 2. The van der Waals surface area contributed by atoms with E-state index in [9.17, 15) is 18.0 Å². The molecule has 0 amide bonds. The molecule has 0 N–H and O–H groups in total. The van der Waals surface area contributed by atoms with Crippen molar-refractivity contribution in [3.8, 4) is 5.75 Å². The van der Waals surface area contributed by atoms with Gasteiger partial charge in [0.25, 0.3) is 0 Å². The van der Waals surface area contributed by atoms with Gasteiger partial charge in [-0.05, 0) is 38.0 Å². The van der Waals surface area contributed by atoms with Crippen molar-refractivity contribution < 1.29 is 32.2 Å². The minimum absolute atomic E-state index is 0.0405. The summed E-state index contributed by atoms with van der Waals surface area (Å²) >= 11 is 0. The van der Waals surface area contributed by atoms with Crippen molar-refractivity contribution in [1.82, 2.24) is 4.31 Å². The van der Waals surface area contributed by atoms with Crippen molar-refractivity contribution in [3.63, 3.8) is 0 Å². The van der Waals surface area contributed by atoms with E-state index >= 15 is 0 Å². The average molecular weight is 397 g/mol. The van der Waals surface area contributed by atoms with Gasteiger partial charge in [0.1, 0.15) is 10.6 Å². The van der Waals surface area contributed by atoms with Crippen LogP contribution < -0.4 is 4.74 Å². The van der Waals surface area contributed by atoms with E-state index < -0.39 is 28.1 Å². The second-order valence-corrected chi connectivity index (χ2v) is 8.54. The summed E-state index contributed by atoms with van der Waals surface area (Å²) in [5.41, 5.74) is 0.0405. The van der Waals surface area contributed by atoms with E-state index in [-0.39, 0.29) is 35.3 Å². The number of ether oxygens (including phenoxy) is 3. The molecular weight excluding hydrogens is 374 g/mol. The topological polar surface area (TPSA) is 99.2 Å². The standard InChI is InChI=1S/C18H23NO7S/c1-12-5-3-4-9-19(12)27(22,23)16-11-13(6-7-14(16)24-2)17(20)26-15-8-10-25-18(15)21/h6-7,11-12,15H,3-5,8-10H2,1-2H3. The van der Waals surface area contributed by atoms with Gasteiger partial charge < -0.3 is 14.2 Å². The first-order valence-electron chi connectivity index (χ1n) is 8.92. The Morgan fingerprint density at radius 1 is 1.26 bits per heavy atom. The van der Waals surface area contributed by atoms with Crippen molar-refractivity contribution in [2.45, 2.75) is 49.6 Å². The first kappa shape index (κ1) is 19.6. The van der Waals surface area contributed by atoms with Gasteiger partial charge in [0, 0.05) is 19.0 Å². The fraction of sp³-hybridized carbons (Fsp3) is 0.556. The molecule has 0 spiro atoms. The molecule has 2 unspecified atom stereocenters. The predicted molar refractivity (Wildman–Crippen MR) is 95.0 cm³/mol. The van der Waals surface area contributed by atoms with Gasteiger partial charge in [-0.15, -0.1) is 0 Å². The minimum atomic E-state index is -3.84. The van der Waals surface area contributed by atoms with Crippen LogP contribution >= 0.6 is 0 Å². The third-order valence-corrected chi connectivity index (χ3v) is 6.90. The first-order valence-corrected chi connectivity index (χ1v) is 10.4. The number of cyclic esters (lactones) is 1. The molecule has 27 heavy (non-hydrogen) atoms. The smallest absolute Gasteiger partial charge is 0.347 e. The maximum absolute atomic E-state index is 13.2. The number of sulfonamides is 1. The lowest BCUT2D eigenvalue weighted by Gasteiger charge is -2.32. The monoisotopic (exact) mass is 397 g/mol. The van der Waals surface area contributed by atoms with Gasteiger partial charge in [0.05, 0.1) is 19.3 Å². The van der Waals surface area contributed by atoms with E-state index in [0.717, 1.165) is 19.3 Å². The van der Waals surface area contributed by atoms with Crippen LogP contribution in [0.3, 0.4) is 0 Å². The SMILES string of the molecule is COc1ccc(C(=O)OC2CCOC2=O)cc1S(=O)(=O)N1CCCCC1C. The zero-order valence-electron chi connectivity index (χ0n) is 15.3. The molecule has 0 aliphatic carbocycles. The van der Waals surface area contributed by atoms with E-state index in [1.807, 2.05) is 6.92 Å². The number of benzene rings is 1. The highest BCUT2D eigenvalue weighted by Crippen LogP contribution is 2.32. The lowest BCUT2D eigenvalue weighted by Crippen LogP contribution is -2.42. The van der Waals surface area contributed by atoms with Gasteiger partial charge in [0.2, 0.25) is 16.1 Å². The van der Waals surface area contributed by atoms with Gasteiger partial charge in [-0.1, -0.05) is 6.42 Å². The molecule has 2 fully saturated rings. The minimum Gasteiger partial charge on any atom is -0.495 e. The second-order valence-electron chi connectivity index (χ2n) is 6.68. The van der Waals surface area contributed by atoms with Gasteiger partial charge >= 0.3 is 11.9 Å². The lowest BCUT2D eigenvalue weighted by molar-refractivity contribution is -0.145. The Balaban J connectivity index is 1.91. The van der Waals surface area contributed by atoms with Crippen LogP contribution in [-0.4, -0.2) is 57.1 Å². The molecule has 0 bridgehead atoms. The molecule has 1 aromatic rings. The van der Waals surface area contributed by atoms with E-state index in [2.05, 4.69) is 0 Å². The summed E-state index contributed by atoms with van der Waals surface area (Å²) in [5.74, 6) is -1.21. The van der Waals surface area contributed by atoms with Gasteiger partial charge in [-0.25, -0.2) is 18.0 Å². The molecule has 2 atom stereocenters. The summed E-state index contributed by atoms with van der Waals surface area (Å²) in [6.45, 7) is 2.49. The van der Waals surface area contributed by atoms with Crippen LogP contribution in [0, 0.1) is 0 Å². The predicted octanol–water partition coefficient (Wildman–Crippen LogP) is 1.73. The van der Waals surface area contributed by atoms with Gasteiger partial charge in [0.15, 0.2) is 0 Å². The molecular formula is C18H23NO7S. The highest BCUT2D eigenvalue weighted by atomic mass is 32.2. The van der Waals surface area contributed by atoms with Crippen molar-refractivity contribution in [3.05, 3.63) is 23.8 Å². The summed E-state index contributed by atoms with van der Waals surface area (Å²) in [6.07, 6.45) is 1.89. The Kier molecular flexibility index (Phi) is 5.71. The van der Waals surface area contributed by atoms with Crippen molar-refractivity contribution in [1.29, 1.82) is 0 Å². The largest absolute Gasteiger partial charge is 0.495 e. The van der Waals surface area contributed by atoms with Crippen molar-refractivity contribution >= 4 is 22.0 Å². The summed E-state index contributed by atoms with van der Waals surface area (Å²) in [5, 5.41) is 0. The lowest BCUT2D eigenvalue weighted by atomic mass is 10.1. The Labute approximate surface area is 158 Å². The van der Waals surface area contributed by atoms with Crippen molar-refractivity contribution in [2.75, 3.05) is 20.3 Å². The van der Waals surface area contributed by atoms with Crippen LogP contribution in [0.1, 0.15) is 43.0 Å². The second kappa shape index (κ2) is 7.85. The van der Waals surface area contributed by atoms with Crippen LogP contribution in [0.25, 0.3) is 0 Å². The number of methoxy groups -OCH3 is 1. The third-order valence-electron chi connectivity index (χ3n) is 4.86. The molecule has 0 aromatic heterocycles. The van der Waals surface area contributed by atoms with Crippen LogP contribution in [-0.2, 0) is 24.3 Å². The molecule has 8 nitrogen and oxygen atoms in total. The molecule has 0 saturated carbocycles.